The molecule has 3 saturated heterocycles. The Balaban J connectivity index is 1.33. The fourth-order valence-corrected chi connectivity index (χ4v) is 13.7. The minimum atomic E-state index is -1.73. The molecule has 3 aliphatic heterocycles. The molecule has 7 aliphatic rings. The number of carboxylic acid groups (broad SMARTS) is 2. The molecule has 3 heterocycles. The smallest absolute Gasteiger partial charge is 0.411 e. The van der Waals surface area contributed by atoms with Crippen molar-refractivity contribution in [2.45, 2.75) is 119 Å². The molecule has 0 spiro atoms. The van der Waals surface area contributed by atoms with E-state index in [-0.39, 0.29) is 5.92 Å². The Morgan fingerprint density at radius 2 is 1.08 bits per heavy atom. The first-order chi connectivity index (χ1) is 30.2. The van der Waals surface area contributed by atoms with Crippen molar-refractivity contribution in [3.05, 3.63) is 101 Å². The molecule has 0 aromatic heterocycles. The van der Waals surface area contributed by atoms with Crippen LogP contribution in [0.4, 0.5) is 19.7 Å². The summed E-state index contributed by atoms with van der Waals surface area (Å²) in [6.07, 6.45) is -0.183. The number of carbonyl (C=O) groups excluding carboxylic acids is 4. The molecule has 0 radical (unpaired) electrons. The number of amides is 6. The second kappa shape index (κ2) is 15.4. The number of halogens is 1. The Kier molecular flexibility index (Phi) is 10.8. The molecule has 11 atom stereocenters. The van der Waals surface area contributed by atoms with Gasteiger partial charge in [-0.15, -0.1) is 0 Å². The van der Waals surface area contributed by atoms with Crippen LogP contribution in [0.5, 0.6) is 0 Å². The van der Waals surface area contributed by atoms with Crippen LogP contribution < -0.4 is 27.0 Å². The first kappa shape index (κ1) is 44.7. The van der Waals surface area contributed by atoms with E-state index in [0.717, 1.165) is 0 Å². The van der Waals surface area contributed by atoms with Crippen molar-refractivity contribution < 1.29 is 43.4 Å². The van der Waals surface area contributed by atoms with Crippen LogP contribution in [-0.2, 0) is 41.1 Å². The number of nitrogens with two attached hydrogens (primary N) is 2. The average molecular weight is 880 g/mol. The summed E-state index contributed by atoms with van der Waals surface area (Å²) in [4.78, 5) is 88.2. The molecular formula is C48H58FN7O8. The number of fused-ring (bicyclic) bond motifs is 6. The lowest BCUT2D eigenvalue weighted by Crippen LogP contribution is -2.75. The van der Waals surface area contributed by atoms with E-state index in [0.29, 0.717) is 73.1 Å². The summed E-state index contributed by atoms with van der Waals surface area (Å²) < 4.78 is 14.9. The third kappa shape index (κ3) is 5.76. The largest absolute Gasteiger partial charge is 0.465 e. The number of nitrogens with one attached hydrogen (secondary N) is 2. The molecule has 3 aromatic carbocycles. The minimum Gasteiger partial charge on any atom is -0.465 e. The Labute approximate surface area is 371 Å². The molecule has 4 bridgehead atoms. The molecule has 0 saturated carbocycles. The van der Waals surface area contributed by atoms with Gasteiger partial charge in [0.15, 0.2) is 0 Å². The minimum absolute atomic E-state index is 0.177. The highest BCUT2D eigenvalue weighted by Gasteiger charge is 2.71. The summed E-state index contributed by atoms with van der Waals surface area (Å²) in [7, 11) is 0. The predicted molar refractivity (Wildman–Crippen MR) is 234 cm³/mol. The summed E-state index contributed by atoms with van der Waals surface area (Å²) in [6.45, 7) is 11.9. The fraction of sp³-hybridized carbons (Fsp3) is 0.500. The quantitative estimate of drug-likeness (QED) is 0.152. The lowest BCUT2D eigenvalue weighted by atomic mass is 9.52. The van der Waals surface area contributed by atoms with E-state index < -0.39 is 99.0 Å². The van der Waals surface area contributed by atoms with Crippen LogP contribution in [0.2, 0.25) is 0 Å². The maximum absolute atomic E-state index is 15.1. The highest BCUT2D eigenvalue weighted by Crippen LogP contribution is 2.62. The maximum Gasteiger partial charge on any atom is 0.411 e. The van der Waals surface area contributed by atoms with Gasteiger partial charge in [-0.25, -0.2) is 14.0 Å². The summed E-state index contributed by atoms with van der Waals surface area (Å²) in [6, 6.07) is 19.5. The second-order valence-electron chi connectivity index (χ2n) is 19.3. The lowest BCUT2D eigenvalue weighted by molar-refractivity contribution is -0.149. The molecule has 64 heavy (non-hydrogen) atoms. The van der Waals surface area contributed by atoms with Crippen LogP contribution in [-0.4, -0.2) is 92.6 Å². The third-order valence-electron chi connectivity index (χ3n) is 17.1. The SMILES string of the molecule is CC1C[C@H](C2CCCN2[C@@]2(C(=O)NC(=O)O)c3ccc(cc3)[C@]2(C)C(C)C(N)=O)N(c2ccc(F)cc2)[C@@]1(C)C1CCCN1[C@@]1(C(=O)NC(=O)O)c2ccc(cc2)[C@]1(C)C(C)C(N)=O. The van der Waals surface area contributed by atoms with Crippen molar-refractivity contribution in [2.75, 3.05) is 18.0 Å². The summed E-state index contributed by atoms with van der Waals surface area (Å²) in [5.41, 5.74) is 8.20. The number of hydrogen-bond acceptors (Lipinski definition) is 9. The van der Waals surface area contributed by atoms with Gasteiger partial charge in [-0.3, -0.25) is 39.6 Å². The topological polar surface area (TPSA) is 229 Å². The Morgan fingerprint density at radius 3 is 1.53 bits per heavy atom. The monoisotopic (exact) mass is 879 g/mol. The van der Waals surface area contributed by atoms with Crippen molar-refractivity contribution >= 4 is 41.5 Å². The van der Waals surface area contributed by atoms with Gasteiger partial charge in [0.2, 0.25) is 11.8 Å². The van der Waals surface area contributed by atoms with Crippen molar-refractivity contribution in [1.29, 1.82) is 0 Å². The van der Waals surface area contributed by atoms with Crippen LogP contribution in [0.3, 0.4) is 0 Å². The van der Waals surface area contributed by atoms with Gasteiger partial charge in [0.25, 0.3) is 11.8 Å². The average Bonchev–Trinajstić information content (AvgIpc) is 4.00. The number of rotatable bonds is 11. The van der Waals surface area contributed by atoms with E-state index in [9.17, 15) is 33.8 Å². The zero-order valence-corrected chi connectivity index (χ0v) is 37.1. The van der Waals surface area contributed by atoms with Gasteiger partial charge in [-0.05, 0) is 105 Å². The van der Waals surface area contributed by atoms with Crippen molar-refractivity contribution in [3.8, 4) is 0 Å². The molecule has 8 N–H and O–H groups in total. The number of primary amides is 2. The number of anilines is 1. The van der Waals surface area contributed by atoms with Crippen molar-refractivity contribution in [3.63, 3.8) is 0 Å². The summed E-state index contributed by atoms with van der Waals surface area (Å²) in [5.74, 6) is -5.41. The van der Waals surface area contributed by atoms with Gasteiger partial charge in [-0.1, -0.05) is 83.1 Å². The number of carbonyl (C=O) groups is 6. The maximum atomic E-state index is 15.1. The van der Waals surface area contributed by atoms with Crippen LogP contribution in [0.1, 0.15) is 95.9 Å². The Bertz CT molecular complexity index is 2420. The van der Waals surface area contributed by atoms with E-state index >= 15 is 9.59 Å². The van der Waals surface area contributed by atoms with Crippen LogP contribution in [0, 0.1) is 23.6 Å². The molecule has 4 aliphatic carbocycles. The standard InChI is InChI=1S/C48H58FN7O8/c1-26-25-36(35-9-7-23-54(35)47(40(59)52-42(61)62)31-15-11-29(12-16-31)44(47,4)27(2)38(50)57)56(34-21-19-33(49)20-22-34)46(26,6)37-10-8-24-55(37)48(41(60)53-43(63)64)32-17-13-30(14-18-32)45(48,5)28(3)39(51)58/h11-22,26-28,35-37H,7-10,23-25H2,1-6H3,(H2,50,57)(H2,51,58)(H,52,59)(H,53,60)(H,61,62)(H,63,64)/t26?,27?,28?,35?,36-,37?,44+,45+,46-,47-,48-/m1/s1. The van der Waals surface area contributed by atoms with Gasteiger partial charge in [-0.2, -0.15) is 0 Å². The molecular weight excluding hydrogens is 822 g/mol. The van der Waals surface area contributed by atoms with E-state index in [1.165, 1.54) is 12.1 Å². The van der Waals surface area contributed by atoms with Crippen LogP contribution in [0.15, 0.2) is 72.8 Å². The van der Waals surface area contributed by atoms with Gasteiger partial charge in [0.1, 0.15) is 16.9 Å². The number of nitrogens with zero attached hydrogens (tertiary/aromatic N) is 3. The number of benzene rings is 3. The van der Waals surface area contributed by atoms with Gasteiger partial charge in [0.05, 0.1) is 5.54 Å². The van der Waals surface area contributed by atoms with Crippen LogP contribution in [0.25, 0.3) is 0 Å². The molecule has 15 nitrogen and oxygen atoms in total. The molecule has 5 unspecified atom stereocenters. The Morgan fingerprint density at radius 1 is 0.656 bits per heavy atom. The van der Waals surface area contributed by atoms with E-state index in [1.807, 2.05) is 24.3 Å². The summed E-state index contributed by atoms with van der Waals surface area (Å²) in [5, 5.41) is 24.7. The zero-order valence-electron chi connectivity index (χ0n) is 37.1. The van der Waals surface area contributed by atoms with Gasteiger partial charge < -0.3 is 26.6 Å². The van der Waals surface area contributed by atoms with Crippen molar-refractivity contribution in [1.82, 2.24) is 20.4 Å². The molecule has 6 amide bonds. The number of likely N-dealkylation sites (tertiary alicyclic amines) is 2. The normalized spacial score (nSPS) is 34.1. The van der Waals surface area contributed by atoms with Gasteiger partial charge >= 0.3 is 12.2 Å². The molecule has 16 heteroatoms. The molecule has 10 rings (SSSR count). The Hall–Kier alpha value is -5.87. The van der Waals surface area contributed by atoms with E-state index in [4.69, 9.17) is 11.5 Å². The zero-order chi connectivity index (χ0) is 46.5. The third-order valence-corrected chi connectivity index (χ3v) is 17.1. The number of hydrogen-bond donors (Lipinski definition) is 6. The molecule has 3 aromatic rings. The first-order valence-corrected chi connectivity index (χ1v) is 22.1. The predicted octanol–water partition coefficient (Wildman–Crippen LogP) is 4.89. The fourth-order valence-electron chi connectivity index (χ4n) is 13.7. The van der Waals surface area contributed by atoms with Crippen LogP contribution >= 0.6 is 0 Å². The van der Waals surface area contributed by atoms with E-state index in [1.54, 1.807) is 64.1 Å². The molecule has 340 valence electrons. The number of imide groups is 2. The van der Waals surface area contributed by atoms with Crippen molar-refractivity contribution in [2.24, 2.45) is 29.2 Å². The second-order valence-corrected chi connectivity index (χ2v) is 19.3. The summed E-state index contributed by atoms with van der Waals surface area (Å²) >= 11 is 0. The highest BCUT2D eigenvalue weighted by atomic mass is 19.1. The van der Waals surface area contributed by atoms with Gasteiger partial charge in [0, 0.05) is 46.5 Å². The lowest BCUT2D eigenvalue weighted by Gasteiger charge is -2.61. The van der Waals surface area contributed by atoms with E-state index in [2.05, 4.69) is 39.2 Å². The molecule has 3 fully saturated rings. The highest BCUT2D eigenvalue weighted by molar-refractivity contribution is 6.01. The first-order valence-electron chi connectivity index (χ1n) is 22.1.